The van der Waals surface area contributed by atoms with Crippen LogP contribution in [0.1, 0.15) is 12.0 Å². The van der Waals surface area contributed by atoms with E-state index in [1.807, 2.05) is 0 Å². The Kier molecular flexibility index (Phi) is 5.91. The number of ether oxygens (including phenoxy) is 1. The fourth-order valence-electron chi connectivity index (χ4n) is 2.50. The lowest BCUT2D eigenvalue weighted by Crippen LogP contribution is -2.33. The van der Waals surface area contributed by atoms with Gasteiger partial charge in [0.2, 0.25) is 0 Å². The Morgan fingerprint density at radius 3 is 2.90 bits per heavy atom. The van der Waals surface area contributed by atoms with Gasteiger partial charge in [-0.3, -0.25) is 0 Å². The van der Waals surface area contributed by atoms with Crippen LogP contribution in [0.25, 0.3) is 0 Å². The maximum Gasteiger partial charge on any atom is 0.128 e. The van der Waals surface area contributed by atoms with Crippen molar-refractivity contribution in [3.63, 3.8) is 0 Å². The molecule has 0 aliphatic carbocycles. The summed E-state index contributed by atoms with van der Waals surface area (Å²) < 4.78 is 18.7. The molecule has 0 radical (unpaired) electrons. The lowest BCUT2D eigenvalue weighted by Gasteiger charge is -2.20. The van der Waals surface area contributed by atoms with Gasteiger partial charge in [-0.2, -0.15) is 0 Å². The van der Waals surface area contributed by atoms with E-state index in [1.54, 1.807) is 18.2 Å². The Balaban J connectivity index is 1.66. The van der Waals surface area contributed by atoms with Gasteiger partial charge >= 0.3 is 0 Å². The molecule has 1 saturated heterocycles. The van der Waals surface area contributed by atoms with Crippen molar-refractivity contribution in [3.05, 3.63) is 35.6 Å². The fraction of sp³-hybridized carbons (Fsp3) is 0.600. The quantitative estimate of drug-likeness (QED) is 0.784. The van der Waals surface area contributed by atoms with E-state index in [4.69, 9.17) is 9.84 Å². The Labute approximate surface area is 118 Å². The van der Waals surface area contributed by atoms with Gasteiger partial charge in [0.15, 0.2) is 0 Å². The molecule has 1 aliphatic heterocycles. The topological polar surface area (TPSA) is 52.9 Å². The van der Waals surface area contributed by atoms with Gasteiger partial charge in [-0.25, -0.2) is 4.39 Å². The maximum absolute atomic E-state index is 13.3. The Bertz CT molecular complexity index is 416. The molecule has 112 valence electrons. The highest BCUT2D eigenvalue weighted by Gasteiger charge is 2.23. The van der Waals surface area contributed by atoms with Gasteiger partial charge in [0, 0.05) is 25.3 Å². The summed E-state index contributed by atoms with van der Waals surface area (Å²) in [6.07, 6.45) is 0.387. The van der Waals surface area contributed by atoms with Crippen molar-refractivity contribution in [1.82, 2.24) is 4.90 Å². The van der Waals surface area contributed by atoms with Crippen molar-refractivity contribution in [1.29, 1.82) is 0 Å². The molecule has 0 bridgehead atoms. The van der Waals surface area contributed by atoms with Crippen LogP contribution in [0.15, 0.2) is 24.3 Å². The average Bonchev–Trinajstić information content (AvgIpc) is 2.88. The van der Waals surface area contributed by atoms with E-state index in [1.165, 1.54) is 6.07 Å². The van der Waals surface area contributed by atoms with E-state index in [-0.39, 0.29) is 25.6 Å². The predicted octanol–water partition coefficient (Wildman–Crippen LogP) is 1.02. The SMILES string of the molecule is OCC1CCN(CC(O)COCc2ccccc2F)C1. The summed E-state index contributed by atoms with van der Waals surface area (Å²) in [5.41, 5.74) is 0.501. The van der Waals surface area contributed by atoms with Gasteiger partial charge in [-0.05, 0) is 24.9 Å². The Hall–Kier alpha value is -1.01. The molecule has 1 aromatic carbocycles. The summed E-state index contributed by atoms with van der Waals surface area (Å²) in [5, 5.41) is 19.0. The molecule has 20 heavy (non-hydrogen) atoms. The highest BCUT2D eigenvalue weighted by molar-refractivity contribution is 5.16. The number of hydrogen-bond acceptors (Lipinski definition) is 4. The van der Waals surface area contributed by atoms with Gasteiger partial charge in [0.25, 0.3) is 0 Å². The predicted molar refractivity (Wildman–Crippen MR) is 73.7 cm³/mol. The first-order chi connectivity index (χ1) is 9.69. The number of β-amino-alcohol motifs (C(OH)–C–C–N with tert-alkyl or cyclic N) is 1. The molecule has 2 rings (SSSR count). The molecule has 5 heteroatoms. The smallest absolute Gasteiger partial charge is 0.128 e. The molecule has 0 aromatic heterocycles. The van der Waals surface area contributed by atoms with Crippen molar-refractivity contribution in [2.75, 3.05) is 32.8 Å². The molecule has 2 atom stereocenters. The Morgan fingerprint density at radius 1 is 1.40 bits per heavy atom. The monoisotopic (exact) mass is 283 g/mol. The van der Waals surface area contributed by atoms with E-state index in [2.05, 4.69) is 4.90 Å². The van der Waals surface area contributed by atoms with E-state index in [0.29, 0.717) is 18.0 Å². The number of benzene rings is 1. The largest absolute Gasteiger partial charge is 0.396 e. The first-order valence-electron chi connectivity index (χ1n) is 7.01. The molecule has 0 saturated carbocycles. The lowest BCUT2D eigenvalue weighted by molar-refractivity contribution is 0.0117. The molecule has 1 aliphatic rings. The van der Waals surface area contributed by atoms with Crippen molar-refractivity contribution in [2.45, 2.75) is 19.1 Å². The third-order valence-corrected chi connectivity index (χ3v) is 3.62. The molecule has 2 N–H and O–H groups in total. The highest BCUT2D eigenvalue weighted by atomic mass is 19.1. The minimum absolute atomic E-state index is 0.170. The van der Waals surface area contributed by atoms with Crippen LogP contribution in [0.3, 0.4) is 0 Å². The fourth-order valence-corrected chi connectivity index (χ4v) is 2.50. The lowest BCUT2D eigenvalue weighted by atomic mass is 10.1. The van der Waals surface area contributed by atoms with Gasteiger partial charge < -0.3 is 19.8 Å². The molecule has 0 amide bonds. The van der Waals surface area contributed by atoms with Crippen LogP contribution in [0.4, 0.5) is 4.39 Å². The minimum Gasteiger partial charge on any atom is -0.396 e. The van der Waals surface area contributed by atoms with Gasteiger partial charge in [0.1, 0.15) is 5.82 Å². The molecular weight excluding hydrogens is 261 g/mol. The second-order valence-corrected chi connectivity index (χ2v) is 5.36. The summed E-state index contributed by atoms with van der Waals surface area (Å²) in [7, 11) is 0. The average molecular weight is 283 g/mol. The van der Waals surface area contributed by atoms with E-state index in [0.717, 1.165) is 19.5 Å². The summed E-state index contributed by atoms with van der Waals surface area (Å²) in [6.45, 7) is 2.82. The zero-order valence-corrected chi connectivity index (χ0v) is 11.5. The van der Waals surface area contributed by atoms with Gasteiger partial charge in [0.05, 0.1) is 19.3 Å². The van der Waals surface area contributed by atoms with Crippen molar-refractivity contribution in [3.8, 4) is 0 Å². The summed E-state index contributed by atoms with van der Waals surface area (Å²) in [6, 6.07) is 6.47. The van der Waals surface area contributed by atoms with Crippen LogP contribution in [0.2, 0.25) is 0 Å². The molecule has 1 fully saturated rings. The summed E-state index contributed by atoms with van der Waals surface area (Å²) in [4.78, 5) is 2.12. The van der Waals surface area contributed by atoms with Crippen LogP contribution < -0.4 is 0 Å². The normalized spacial score (nSPS) is 21.2. The Morgan fingerprint density at radius 2 is 2.20 bits per heavy atom. The second-order valence-electron chi connectivity index (χ2n) is 5.36. The molecule has 1 aromatic rings. The van der Waals surface area contributed by atoms with E-state index >= 15 is 0 Å². The number of rotatable bonds is 7. The van der Waals surface area contributed by atoms with Gasteiger partial charge in [-0.1, -0.05) is 18.2 Å². The summed E-state index contributed by atoms with van der Waals surface area (Å²) in [5.74, 6) is 0.0360. The minimum atomic E-state index is -0.584. The zero-order chi connectivity index (χ0) is 14.4. The zero-order valence-electron chi connectivity index (χ0n) is 11.5. The van der Waals surface area contributed by atoms with E-state index < -0.39 is 6.10 Å². The highest BCUT2D eigenvalue weighted by Crippen LogP contribution is 2.15. The number of aliphatic hydroxyl groups is 2. The van der Waals surface area contributed by atoms with Crippen molar-refractivity contribution >= 4 is 0 Å². The number of nitrogens with zero attached hydrogens (tertiary/aromatic N) is 1. The van der Waals surface area contributed by atoms with Crippen LogP contribution >= 0.6 is 0 Å². The van der Waals surface area contributed by atoms with Crippen LogP contribution in [0.5, 0.6) is 0 Å². The number of halogens is 1. The number of aliphatic hydroxyl groups excluding tert-OH is 2. The van der Waals surface area contributed by atoms with Crippen LogP contribution in [0, 0.1) is 11.7 Å². The van der Waals surface area contributed by atoms with Crippen LogP contribution in [-0.2, 0) is 11.3 Å². The van der Waals surface area contributed by atoms with Crippen LogP contribution in [-0.4, -0.2) is 54.1 Å². The summed E-state index contributed by atoms with van der Waals surface area (Å²) >= 11 is 0. The molecule has 1 heterocycles. The maximum atomic E-state index is 13.3. The molecule has 4 nitrogen and oxygen atoms in total. The third-order valence-electron chi connectivity index (χ3n) is 3.62. The molecular formula is C15H22FNO3. The number of likely N-dealkylation sites (tertiary alicyclic amines) is 1. The molecule has 0 spiro atoms. The van der Waals surface area contributed by atoms with Crippen molar-refractivity contribution in [2.24, 2.45) is 5.92 Å². The number of hydrogen-bond donors (Lipinski definition) is 2. The third kappa shape index (κ3) is 4.52. The first kappa shape index (κ1) is 15.4. The second kappa shape index (κ2) is 7.69. The standard InChI is InChI=1S/C15H22FNO3/c16-15-4-2-1-3-13(15)10-20-11-14(19)8-17-6-5-12(7-17)9-18/h1-4,12,14,18-19H,5-11H2. The van der Waals surface area contributed by atoms with E-state index in [9.17, 15) is 9.50 Å². The van der Waals surface area contributed by atoms with Crippen molar-refractivity contribution < 1.29 is 19.3 Å². The van der Waals surface area contributed by atoms with Gasteiger partial charge in [-0.15, -0.1) is 0 Å². The molecule has 2 unspecified atom stereocenters. The first-order valence-corrected chi connectivity index (χ1v) is 7.01.